The quantitative estimate of drug-likeness (QED) is 0.708. The van der Waals surface area contributed by atoms with Gasteiger partial charge in [0.1, 0.15) is 0 Å². The van der Waals surface area contributed by atoms with E-state index in [2.05, 4.69) is 31.1 Å². The van der Waals surface area contributed by atoms with Crippen molar-refractivity contribution in [3.05, 3.63) is 52.1 Å². The number of hydrogen-bond donors (Lipinski definition) is 2. The van der Waals surface area contributed by atoms with E-state index in [1.807, 2.05) is 24.3 Å². The van der Waals surface area contributed by atoms with Crippen molar-refractivity contribution in [2.45, 2.75) is 26.2 Å². The molecule has 8 nitrogen and oxygen atoms in total. The van der Waals surface area contributed by atoms with Crippen molar-refractivity contribution in [2.75, 3.05) is 5.32 Å². The SMILES string of the molecule is Cc1noc(Cl)c1CCC(=O)Nc1cccc(Cc2nn[nH]n2)c1. The second-order valence-corrected chi connectivity index (χ2v) is 5.62. The zero-order valence-electron chi connectivity index (χ0n) is 12.9. The Balaban J connectivity index is 1.58. The maximum Gasteiger partial charge on any atom is 0.229 e. The average molecular weight is 347 g/mol. The molecule has 3 rings (SSSR count). The van der Waals surface area contributed by atoms with Gasteiger partial charge >= 0.3 is 0 Å². The zero-order chi connectivity index (χ0) is 16.9. The highest BCUT2D eigenvalue weighted by atomic mass is 35.5. The Morgan fingerprint density at radius 2 is 2.29 bits per heavy atom. The van der Waals surface area contributed by atoms with Crippen molar-refractivity contribution >= 4 is 23.2 Å². The van der Waals surface area contributed by atoms with Gasteiger partial charge in [-0.25, -0.2) is 0 Å². The molecule has 2 heterocycles. The lowest BCUT2D eigenvalue weighted by molar-refractivity contribution is -0.116. The molecule has 0 saturated carbocycles. The monoisotopic (exact) mass is 346 g/mol. The molecule has 124 valence electrons. The number of amides is 1. The van der Waals surface area contributed by atoms with Crippen LogP contribution >= 0.6 is 11.6 Å². The molecule has 1 aromatic carbocycles. The number of benzene rings is 1. The van der Waals surface area contributed by atoms with E-state index in [1.165, 1.54) is 0 Å². The summed E-state index contributed by atoms with van der Waals surface area (Å²) in [5.41, 5.74) is 3.16. The first-order valence-corrected chi connectivity index (χ1v) is 7.71. The van der Waals surface area contributed by atoms with Crippen molar-refractivity contribution in [1.82, 2.24) is 25.8 Å². The van der Waals surface area contributed by atoms with Crippen LogP contribution in [0.2, 0.25) is 5.22 Å². The van der Waals surface area contributed by atoms with Gasteiger partial charge in [-0.15, -0.1) is 10.2 Å². The van der Waals surface area contributed by atoms with Gasteiger partial charge in [-0.05, 0) is 42.6 Å². The predicted molar refractivity (Wildman–Crippen MR) is 86.6 cm³/mol. The van der Waals surface area contributed by atoms with Crippen LogP contribution < -0.4 is 5.32 Å². The molecule has 9 heteroatoms. The normalized spacial score (nSPS) is 10.8. The molecule has 24 heavy (non-hydrogen) atoms. The smallest absolute Gasteiger partial charge is 0.229 e. The highest BCUT2D eigenvalue weighted by Gasteiger charge is 2.13. The lowest BCUT2D eigenvalue weighted by Gasteiger charge is -2.06. The van der Waals surface area contributed by atoms with Gasteiger partial charge in [-0.2, -0.15) is 5.21 Å². The summed E-state index contributed by atoms with van der Waals surface area (Å²) >= 11 is 5.90. The molecule has 2 N–H and O–H groups in total. The van der Waals surface area contributed by atoms with Crippen molar-refractivity contribution in [1.29, 1.82) is 0 Å². The summed E-state index contributed by atoms with van der Waals surface area (Å²) in [6.07, 6.45) is 1.30. The molecule has 0 bridgehead atoms. The standard InChI is InChI=1S/C15H15ClN6O2/c1-9-12(15(16)24-20-9)5-6-14(23)17-11-4-2-3-10(7-11)8-13-18-21-22-19-13/h2-4,7H,5-6,8H2,1H3,(H,17,23)(H,18,19,21,22). The topological polar surface area (TPSA) is 110 Å². The second-order valence-electron chi connectivity index (χ2n) is 5.27. The highest BCUT2D eigenvalue weighted by Crippen LogP contribution is 2.21. The zero-order valence-corrected chi connectivity index (χ0v) is 13.7. The minimum atomic E-state index is -0.108. The highest BCUT2D eigenvalue weighted by molar-refractivity contribution is 6.29. The number of nitrogens with zero attached hydrogens (tertiary/aromatic N) is 4. The van der Waals surface area contributed by atoms with Crippen molar-refractivity contribution in [3.8, 4) is 0 Å². The summed E-state index contributed by atoms with van der Waals surface area (Å²) in [4.78, 5) is 12.1. The van der Waals surface area contributed by atoms with Crippen LogP contribution in [0, 0.1) is 6.92 Å². The fourth-order valence-electron chi connectivity index (χ4n) is 2.30. The predicted octanol–water partition coefficient (Wildman–Crippen LogP) is 2.31. The van der Waals surface area contributed by atoms with Crippen LogP contribution in [0.4, 0.5) is 5.69 Å². The van der Waals surface area contributed by atoms with E-state index < -0.39 is 0 Å². The first-order valence-electron chi connectivity index (χ1n) is 7.33. The molecule has 1 amide bonds. The second kappa shape index (κ2) is 7.22. The van der Waals surface area contributed by atoms with E-state index in [0.717, 1.165) is 11.1 Å². The molecule has 2 aromatic heterocycles. The van der Waals surface area contributed by atoms with Crippen molar-refractivity contribution in [2.24, 2.45) is 0 Å². The van der Waals surface area contributed by atoms with E-state index in [9.17, 15) is 4.79 Å². The Morgan fingerprint density at radius 3 is 3.00 bits per heavy atom. The van der Waals surface area contributed by atoms with Crippen LogP contribution in [-0.2, 0) is 17.6 Å². The number of aromatic nitrogens is 5. The molecule has 0 aliphatic rings. The number of rotatable bonds is 6. The van der Waals surface area contributed by atoms with E-state index in [1.54, 1.807) is 6.92 Å². The molecule has 0 aliphatic carbocycles. The van der Waals surface area contributed by atoms with Gasteiger partial charge in [0.2, 0.25) is 11.1 Å². The summed E-state index contributed by atoms with van der Waals surface area (Å²) in [7, 11) is 0. The molecule has 3 aromatic rings. The summed E-state index contributed by atoms with van der Waals surface area (Å²) in [6.45, 7) is 1.80. The third kappa shape index (κ3) is 3.96. The lowest BCUT2D eigenvalue weighted by atomic mass is 10.1. The van der Waals surface area contributed by atoms with Crippen LogP contribution in [0.5, 0.6) is 0 Å². The van der Waals surface area contributed by atoms with E-state index in [4.69, 9.17) is 16.1 Å². The molecule has 0 saturated heterocycles. The van der Waals surface area contributed by atoms with E-state index in [0.29, 0.717) is 30.0 Å². The number of H-pyrrole nitrogens is 1. The van der Waals surface area contributed by atoms with Gasteiger partial charge in [0.05, 0.1) is 5.69 Å². The summed E-state index contributed by atoms with van der Waals surface area (Å²) < 4.78 is 4.88. The van der Waals surface area contributed by atoms with Gasteiger partial charge in [0.15, 0.2) is 5.82 Å². The number of halogens is 1. The van der Waals surface area contributed by atoms with Gasteiger partial charge in [-0.1, -0.05) is 22.5 Å². The fourth-order valence-corrected chi connectivity index (χ4v) is 2.57. The molecule has 0 atom stereocenters. The maximum atomic E-state index is 12.1. The van der Waals surface area contributed by atoms with Crippen LogP contribution in [-0.4, -0.2) is 31.7 Å². The lowest BCUT2D eigenvalue weighted by Crippen LogP contribution is -2.12. The van der Waals surface area contributed by atoms with E-state index in [-0.39, 0.29) is 17.5 Å². The summed E-state index contributed by atoms with van der Waals surface area (Å²) in [6, 6.07) is 7.51. The van der Waals surface area contributed by atoms with E-state index >= 15 is 0 Å². The number of carbonyl (C=O) groups is 1. The minimum Gasteiger partial charge on any atom is -0.344 e. The number of aromatic amines is 1. The number of anilines is 1. The molecule has 0 fully saturated rings. The van der Waals surface area contributed by atoms with Gasteiger partial charge in [0.25, 0.3) is 0 Å². The van der Waals surface area contributed by atoms with Crippen LogP contribution in [0.3, 0.4) is 0 Å². The summed E-state index contributed by atoms with van der Waals surface area (Å²) in [5, 5.41) is 20.6. The number of aryl methyl sites for hydroxylation is 1. The van der Waals surface area contributed by atoms with Gasteiger partial charge in [0, 0.05) is 24.1 Å². The molecule has 0 radical (unpaired) electrons. The Kier molecular flexibility index (Phi) is 4.85. The minimum absolute atomic E-state index is 0.108. The maximum absolute atomic E-state index is 12.1. The number of tetrazole rings is 1. The first kappa shape index (κ1) is 16.1. The van der Waals surface area contributed by atoms with Crippen LogP contribution in [0.1, 0.15) is 29.1 Å². The van der Waals surface area contributed by atoms with Crippen LogP contribution in [0.25, 0.3) is 0 Å². The Hall–Kier alpha value is -2.74. The Bertz CT molecular complexity index is 811. The first-order chi connectivity index (χ1) is 11.6. The number of carbonyl (C=O) groups excluding carboxylic acids is 1. The third-order valence-corrected chi connectivity index (χ3v) is 3.80. The third-order valence-electron chi connectivity index (χ3n) is 3.50. The molecular formula is C15H15ClN6O2. The van der Waals surface area contributed by atoms with Crippen molar-refractivity contribution in [3.63, 3.8) is 0 Å². The molecular weight excluding hydrogens is 332 g/mol. The van der Waals surface area contributed by atoms with Crippen molar-refractivity contribution < 1.29 is 9.32 Å². The molecule has 0 aliphatic heterocycles. The summed E-state index contributed by atoms with van der Waals surface area (Å²) in [5.74, 6) is 0.486. The number of hydrogen-bond acceptors (Lipinski definition) is 6. The molecule has 0 unspecified atom stereocenters. The molecule has 0 spiro atoms. The van der Waals surface area contributed by atoms with Gasteiger partial charge < -0.3 is 9.84 Å². The average Bonchev–Trinajstić information content (AvgIpc) is 3.16. The Labute approximate surface area is 142 Å². The van der Waals surface area contributed by atoms with Crippen LogP contribution in [0.15, 0.2) is 28.8 Å². The largest absolute Gasteiger partial charge is 0.344 e. The Morgan fingerprint density at radius 1 is 1.42 bits per heavy atom. The van der Waals surface area contributed by atoms with Gasteiger partial charge in [-0.3, -0.25) is 4.79 Å². The fraction of sp³-hybridized carbons (Fsp3) is 0.267. The number of nitrogens with one attached hydrogen (secondary N) is 2.